The lowest BCUT2D eigenvalue weighted by molar-refractivity contribution is 0.336. The van der Waals surface area contributed by atoms with Crippen molar-refractivity contribution in [2.24, 2.45) is 11.1 Å². The minimum Gasteiger partial charge on any atom is -0.326 e. The monoisotopic (exact) mass is 296 g/mol. The van der Waals surface area contributed by atoms with Crippen molar-refractivity contribution in [3.8, 4) is 0 Å². The maximum absolute atomic E-state index is 12.5. The first-order valence-electron chi connectivity index (χ1n) is 7.16. The van der Waals surface area contributed by atoms with E-state index in [1.165, 1.54) is 12.8 Å². The Balaban J connectivity index is 2.17. The van der Waals surface area contributed by atoms with Gasteiger partial charge in [0.05, 0.1) is 4.90 Å². The molecule has 0 heterocycles. The lowest BCUT2D eigenvalue weighted by Crippen LogP contribution is -2.34. The van der Waals surface area contributed by atoms with Crippen molar-refractivity contribution in [2.75, 3.05) is 6.54 Å². The second-order valence-electron chi connectivity index (χ2n) is 6.15. The van der Waals surface area contributed by atoms with E-state index in [9.17, 15) is 8.42 Å². The fourth-order valence-corrected chi connectivity index (χ4v) is 4.31. The summed E-state index contributed by atoms with van der Waals surface area (Å²) in [4.78, 5) is 0.349. The molecule has 0 aliphatic heterocycles. The number of benzene rings is 1. The highest BCUT2D eigenvalue weighted by atomic mass is 32.2. The van der Waals surface area contributed by atoms with Crippen LogP contribution in [0.25, 0.3) is 0 Å². The minimum atomic E-state index is -3.45. The van der Waals surface area contributed by atoms with Crippen LogP contribution in [0.2, 0.25) is 0 Å². The molecule has 112 valence electrons. The first-order chi connectivity index (χ1) is 9.36. The van der Waals surface area contributed by atoms with Crippen molar-refractivity contribution in [3.63, 3.8) is 0 Å². The molecule has 1 fully saturated rings. The van der Waals surface area contributed by atoms with Crippen molar-refractivity contribution in [2.45, 2.75) is 51.0 Å². The predicted octanol–water partition coefficient (Wildman–Crippen LogP) is 2.31. The van der Waals surface area contributed by atoms with Crippen LogP contribution in [0.15, 0.2) is 23.1 Å². The van der Waals surface area contributed by atoms with Gasteiger partial charge in [-0.2, -0.15) is 0 Å². The molecular formula is C15H24N2O2S. The van der Waals surface area contributed by atoms with Gasteiger partial charge < -0.3 is 5.73 Å². The Kier molecular flexibility index (Phi) is 4.52. The number of aryl methyl sites for hydroxylation is 1. The van der Waals surface area contributed by atoms with Crippen LogP contribution in [0, 0.1) is 12.3 Å². The van der Waals surface area contributed by atoms with Crippen LogP contribution in [0.3, 0.4) is 0 Å². The Morgan fingerprint density at radius 1 is 1.30 bits per heavy atom. The number of nitrogens with one attached hydrogen (secondary N) is 1. The van der Waals surface area contributed by atoms with Gasteiger partial charge in [0, 0.05) is 13.1 Å². The van der Waals surface area contributed by atoms with Gasteiger partial charge in [0.2, 0.25) is 10.0 Å². The zero-order valence-corrected chi connectivity index (χ0v) is 13.1. The van der Waals surface area contributed by atoms with Crippen LogP contribution in [0.4, 0.5) is 0 Å². The van der Waals surface area contributed by atoms with E-state index in [-0.39, 0.29) is 5.41 Å². The van der Waals surface area contributed by atoms with Gasteiger partial charge in [-0.25, -0.2) is 13.1 Å². The average Bonchev–Trinajstić information content (AvgIpc) is 2.85. The predicted molar refractivity (Wildman–Crippen MR) is 80.8 cm³/mol. The van der Waals surface area contributed by atoms with Crippen LogP contribution in [-0.4, -0.2) is 15.0 Å². The summed E-state index contributed by atoms with van der Waals surface area (Å²) in [7, 11) is -3.45. The molecule has 1 aromatic carbocycles. The van der Waals surface area contributed by atoms with Crippen LogP contribution < -0.4 is 10.5 Å². The summed E-state index contributed by atoms with van der Waals surface area (Å²) >= 11 is 0. The summed E-state index contributed by atoms with van der Waals surface area (Å²) in [5.74, 6) is 0. The molecule has 0 amide bonds. The van der Waals surface area contributed by atoms with E-state index >= 15 is 0 Å². The molecule has 5 heteroatoms. The van der Waals surface area contributed by atoms with Crippen LogP contribution in [0.1, 0.15) is 43.7 Å². The Hall–Kier alpha value is -0.910. The zero-order valence-electron chi connectivity index (χ0n) is 12.3. The highest BCUT2D eigenvalue weighted by molar-refractivity contribution is 7.89. The van der Waals surface area contributed by atoms with E-state index in [0.29, 0.717) is 18.0 Å². The van der Waals surface area contributed by atoms with Crippen molar-refractivity contribution >= 4 is 10.0 Å². The second kappa shape index (κ2) is 5.84. The molecule has 1 aliphatic carbocycles. The molecular weight excluding hydrogens is 272 g/mol. The quantitative estimate of drug-likeness (QED) is 0.876. The number of sulfonamides is 1. The molecule has 3 N–H and O–H groups in total. The summed E-state index contributed by atoms with van der Waals surface area (Å²) in [5, 5.41) is 0. The molecule has 4 nitrogen and oxygen atoms in total. The molecule has 0 unspecified atom stereocenters. The Morgan fingerprint density at radius 3 is 2.55 bits per heavy atom. The molecule has 0 saturated heterocycles. The standard InChI is InChI=1S/C15H24N2O2S/c1-12-5-6-13(10-16)9-14(12)20(18,19)17-11-15(2)7-3-4-8-15/h5-6,9,17H,3-4,7-8,10-11,16H2,1-2H3. The van der Waals surface area contributed by atoms with Crippen molar-refractivity contribution in [3.05, 3.63) is 29.3 Å². The van der Waals surface area contributed by atoms with Crippen molar-refractivity contribution in [1.29, 1.82) is 0 Å². The summed E-state index contributed by atoms with van der Waals surface area (Å²) in [6.45, 7) is 4.83. The third-order valence-electron chi connectivity index (χ3n) is 4.28. The fraction of sp³-hybridized carbons (Fsp3) is 0.600. The highest BCUT2D eigenvalue weighted by Crippen LogP contribution is 2.37. The maximum Gasteiger partial charge on any atom is 0.240 e. The van der Waals surface area contributed by atoms with Gasteiger partial charge in [-0.05, 0) is 42.4 Å². The number of hydrogen-bond donors (Lipinski definition) is 2. The number of nitrogens with two attached hydrogens (primary N) is 1. The number of rotatable bonds is 5. The van der Waals surface area contributed by atoms with E-state index in [1.54, 1.807) is 6.07 Å². The molecule has 0 aromatic heterocycles. The maximum atomic E-state index is 12.5. The van der Waals surface area contributed by atoms with Crippen LogP contribution in [-0.2, 0) is 16.6 Å². The normalized spacial score (nSPS) is 18.4. The second-order valence-corrected chi connectivity index (χ2v) is 7.88. The summed E-state index contributed by atoms with van der Waals surface area (Å²) in [6.07, 6.45) is 4.58. The first kappa shape index (κ1) is 15.5. The third-order valence-corrected chi connectivity index (χ3v) is 5.82. The molecule has 20 heavy (non-hydrogen) atoms. The summed E-state index contributed by atoms with van der Waals surface area (Å²) in [5.41, 5.74) is 7.29. The number of hydrogen-bond acceptors (Lipinski definition) is 3. The Bertz CT molecular complexity index is 576. The Labute approximate surface area is 121 Å². The smallest absolute Gasteiger partial charge is 0.240 e. The van der Waals surface area contributed by atoms with E-state index in [4.69, 9.17) is 5.73 Å². The minimum absolute atomic E-state index is 0.104. The average molecular weight is 296 g/mol. The van der Waals surface area contributed by atoms with Gasteiger partial charge in [0.1, 0.15) is 0 Å². The van der Waals surface area contributed by atoms with Crippen molar-refractivity contribution < 1.29 is 8.42 Å². The van der Waals surface area contributed by atoms with E-state index in [2.05, 4.69) is 11.6 Å². The molecule has 0 atom stereocenters. The SMILES string of the molecule is Cc1ccc(CN)cc1S(=O)(=O)NCC1(C)CCCC1. The van der Waals surface area contributed by atoms with Crippen LogP contribution >= 0.6 is 0 Å². The van der Waals surface area contributed by atoms with Gasteiger partial charge in [-0.15, -0.1) is 0 Å². The van der Waals surface area contributed by atoms with Crippen molar-refractivity contribution in [1.82, 2.24) is 4.72 Å². The largest absolute Gasteiger partial charge is 0.326 e. The fourth-order valence-electron chi connectivity index (χ4n) is 2.81. The van der Waals surface area contributed by atoms with Gasteiger partial charge in [-0.1, -0.05) is 31.9 Å². The lowest BCUT2D eigenvalue weighted by Gasteiger charge is -2.24. The summed E-state index contributed by atoms with van der Waals surface area (Å²) < 4.78 is 27.7. The molecule has 1 aliphatic rings. The van der Waals surface area contributed by atoms with E-state index in [0.717, 1.165) is 24.0 Å². The van der Waals surface area contributed by atoms with Gasteiger partial charge in [-0.3, -0.25) is 0 Å². The summed E-state index contributed by atoms with van der Waals surface area (Å²) in [6, 6.07) is 5.36. The molecule has 0 radical (unpaired) electrons. The van der Waals surface area contributed by atoms with Crippen LogP contribution in [0.5, 0.6) is 0 Å². The van der Waals surface area contributed by atoms with E-state index in [1.807, 2.05) is 19.1 Å². The topological polar surface area (TPSA) is 72.2 Å². The van der Waals surface area contributed by atoms with E-state index < -0.39 is 10.0 Å². The molecule has 0 spiro atoms. The van der Waals surface area contributed by atoms with Gasteiger partial charge >= 0.3 is 0 Å². The van der Waals surface area contributed by atoms with Gasteiger partial charge in [0.25, 0.3) is 0 Å². The zero-order chi connectivity index (χ0) is 14.8. The lowest BCUT2D eigenvalue weighted by atomic mass is 9.89. The molecule has 0 bridgehead atoms. The molecule has 2 rings (SSSR count). The molecule has 1 aromatic rings. The molecule has 1 saturated carbocycles. The third kappa shape index (κ3) is 3.40. The first-order valence-corrected chi connectivity index (χ1v) is 8.64. The highest BCUT2D eigenvalue weighted by Gasteiger charge is 2.30. The Morgan fingerprint density at radius 2 is 1.95 bits per heavy atom. The van der Waals surface area contributed by atoms with Gasteiger partial charge in [0.15, 0.2) is 0 Å².